The third kappa shape index (κ3) is 3.76. The second kappa shape index (κ2) is 6.25. The Labute approximate surface area is 91.6 Å². The molecule has 15 heavy (non-hydrogen) atoms. The lowest BCUT2D eigenvalue weighted by Gasteiger charge is -2.07. The van der Waals surface area contributed by atoms with Crippen LogP contribution in [0.25, 0.3) is 0 Å². The highest BCUT2D eigenvalue weighted by atomic mass is 16.3. The van der Waals surface area contributed by atoms with Crippen LogP contribution in [-0.2, 0) is 6.54 Å². The molecule has 0 aromatic heterocycles. The molecule has 0 spiro atoms. The molecule has 0 aliphatic carbocycles. The smallest absolute Gasteiger partial charge is 0.122 e. The molecule has 2 heteroatoms. The summed E-state index contributed by atoms with van der Waals surface area (Å²) in [5, 5.41) is 13.0. The van der Waals surface area contributed by atoms with Crippen LogP contribution in [0, 0.1) is 6.92 Å². The zero-order valence-corrected chi connectivity index (χ0v) is 9.46. The number of nitrogens with one attached hydrogen (secondary N) is 1. The molecule has 0 amide bonds. The van der Waals surface area contributed by atoms with Gasteiger partial charge in [0.05, 0.1) is 0 Å². The normalized spacial score (nSPS) is 11.1. The first-order valence-corrected chi connectivity index (χ1v) is 5.35. The molecule has 0 saturated heterocycles. The minimum absolute atomic E-state index is 0.413. The van der Waals surface area contributed by atoms with Crippen LogP contribution in [0.2, 0.25) is 0 Å². The van der Waals surface area contributed by atoms with Gasteiger partial charge in [-0.1, -0.05) is 30.4 Å². The van der Waals surface area contributed by atoms with Crippen molar-refractivity contribution in [3.05, 3.63) is 41.5 Å². The van der Waals surface area contributed by atoms with Crippen LogP contribution < -0.4 is 5.32 Å². The molecule has 0 fully saturated rings. The first-order valence-electron chi connectivity index (χ1n) is 5.35. The van der Waals surface area contributed by atoms with Crippen molar-refractivity contribution in [2.45, 2.75) is 26.8 Å². The van der Waals surface area contributed by atoms with E-state index in [-0.39, 0.29) is 0 Å². The number of aryl methyl sites for hydroxylation is 1. The summed E-state index contributed by atoms with van der Waals surface area (Å²) in [6.45, 7) is 5.60. The lowest BCUT2D eigenvalue weighted by atomic mass is 10.1. The number of hydrogen-bond donors (Lipinski definition) is 2. The van der Waals surface area contributed by atoms with E-state index in [1.165, 1.54) is 0 Å². The predicted octanol–water partition coefficient (Wildman–Crippen LogP) is 2.76. The maximum Gasteiger partial charge on any atom is 0.122 e. The quantitative estimate of drug-likeness (QED) is 0.572. The van der Waals surface area contributed by atoms with E-state index in [2.05, 4.69) is 11.4 Å². The summed E-state index contributed by atoms with van der Waals surface area (Å²) < 4.78 is 0. The van der Waals surface area contributed by atoms with Gasteiger partial charge in [0.25, 0.3) is 0 Å². The molecule has 0 atom stereocenters. The summed E-state index contributed by atoms with van der Waals surface area (Å²) in [4.78, 5) is 0. The number of benzene rings is 1. The summed E-state index contributed by atoms with van der Waals surface area (Å²) in [5.74, 6) is 0.413. The largest absolute Gasteiger partial charge is 0.507 e. The van der Waals surface area contributed by atoms with Crippen LogP contribution in [-0.4, -0.2) is 11.7 Å². The molecule has 0 saturated carbocycles. The van der Waals surface area contributed by atoms with Crippen molar-refractivity contribution < 1.29 is 5.11 Å². The van der Waals surface area contributed by atoms with Crippen LogP contribution in [0.4, 0.5) is 0 Å². The van der Waals surface area contributed by atoms with Gasteiger partial charge in [-0.05, 0) is 32.4 Å². The highest BCUT2D eigenvalue weighted by molar-refractivity contribution is 5.39. The molecule has 0 heterocycles. The summed E-state index contributed by atoms with van der Waals surface area (Å²) in [5.41, 5.74) is 1.90. The van der Waals surface area contributed by atoms with Crippen LogP contribution >= 0.6 is 0 Å². The van der Waals surface area contributed by atoms with Crippen molar-refractivity contribution in [3.63, 3.8) is 0 Å². The average molecular weight is 205 g/mol. The molecular weight excluding hydrogens is 186 g/mol. The maximum atomic E-state index is 9.75. The minimum atomic E-state index is 0.413. The number of allylic oxidation sites excluding steroid dienone is 1. The minimum Gasteiger partial charge on any atom is -0.507 e. The van der Waals surface area contributed by atoms with E-state index in [1.807, 2.05) is 38.1 Å². The highest BCUT2D eigenvalue weighted by Gasteiger charge is 2.01. The Morgan fingerprint density at radius 1 is 1.40 bits per heavy atom. The molecule has 0 aliphatic heterocycles. The van der Waals surface area contributed by atoms with E-state index in [4.69, 9.17) is 0 Å². The molecule has 1 aromatic rings. The lowest BCUT2D eigenvalue weighted by molar-refractivity contribution is 0.460. The fourth-order valence-electron chi connectivity index (χ4n) is 1.44. The number of rotatable bonds is 5. The second-order valence-electron chi connectivity index (χ2n) is 3.62. The Balaban J connectivity index is 2.40. The maximum absolute atomic E-state index is 9.75. The first kappa shape index (κ1) is 11.8. The van der Waals surface area contributed by atoms with E-state index in [0.717, 1.165) is 30.6 Å². The molecule has 82 valence electrons. The topological polar surface area (TPSA) is 32.3 Å². The zero-order chi connectivity index (χ0) is 11.1. The standard InChI is InChI=1S/C13H19NO/c1-3-4-5-9-14-10-12-8-6-7-11(2)13(12)15/h3-4,6-8,14-15H,5,9-10H2,1-2H3/b4-3+. The van der Waals surface area contributed by atoms with E-state index >= 15 is 0 Å². The zero-order valence-electron chi connectivity index (χ0n) is 9.46. The van der Waals surface area contributed by atoms with Crippen molar-refractivity contribution in [2.75, 3.05) is 6.54 Å². The molecule has 0 aliphatic rings. The van der Waals surface area contributed by atoms with Crippen molar-refractivity contribution in [3.8, 4) is 5.75 Å². The van der Waals surface area contributed by atoms with Gasteiger partial charge in [-0.2, -0.15) is 0 Å². The Kier molecular flexibility index (Phi) is 4.91. The Hall–Kier alpha value is -1.28. The van der Waals surface area contributed by atoms with Gasteiger partial charge in [-0.25, -0.2) is 0 Å². The van der Waals surface area contributed by atoms with Crippen molar-refractivity contribution >= 4 is 0 Å². The van der Waals surface area contributed by atoms with Gasteiger partial charge in [0, 0.05) is 12.1 Å². The number of para-hydroxylation sites is 1. The Bertz CT molecular complexity index is 331. The Morgan fingerprint density at radius 2 is 2.20 bits per heavy atom. The number of hydrogen-bond acceptors (Lipinski definition) is 2. The van der Waals surface area contributed by atoms with E-state index in [0.29, 0.717) is 5.75 Å². The molecule has 0 unspecified atom stereocenters. The van der Waals surface area contributed by atoms with Gasteiger partial charge in [-0.3, -0.25) is 0 Å². The van der Waals surface area contributed by atoms with Crippen molar-refractivity contribution in [1.29, 1.82) is 0 Å². The number of phenols is 1. The van der Waals surface area contributed by atoms with E-state index in [9.17, 15) is 5.11 Å². The second-order valence-corrected chi connectivity index (χ2v) is 3.62. The molecule has 1 aromatic carbocycles. The average Bonchev–Trinajstić information content (AvgIpc) is 2.24. The van der Waals surface area contributed by atoms with Gasteiger partial charge in [0.2, 0.25) is 0 Å². The summed E-state index contributed by atoms with van der Waals surface area (Å²) in [6, 6.07) is 5.83. The van der Waals surface area contributed by atoms with Gasteiger partial charge >= 0.3 is 0 Å². The van der Waals surface area contributed by atoms with Gasteiger partial charge in [0.15, 0.2) is 0 Å². The van der Waals surface area contributed by atoms with Crippen molar-refractivity contribution in [1.82, 2.24) is 5.32 Å². The SMILES string of the molecule is C/C=C/CCNCc1cccc(C)c1O. The molecule has 2 nitrogen and oxygen atoms in total. The highest BCUT2D eigenvalue weighted by Crippen LogP contribution is 2.20. The summed E-state index contributed by atoms with van der Waals surface area (Å²) in [6.07, 6.45) is 5.21. The predicted molar refractivity (Wildman–Crippen MR) is 64.0 cm³/mol. The van der Waals surface area contributed by atoms with E-state index < -0.39 is 0 Å². The first-order chi connectivity index (χ1) is 7.25. The van der Waals surface area contributed by atoms with Crippen LogP contribution in [0.15, 0.2) is 30.4 Å². The molecular formula is C13H19NO. The lowest BCUT2D eigenvalue weighted by Crippen LogP contribution is -2.14. The van der Waals surface area contributed by atoms with Gasteiger partial charge < -0.3 is 10.4 Å². The fourth-order valence-corrected chi connectivity index (χ4v) is 1.44. The molecule has 0 radical (unpaired) electrons. The molecule has 2 N–H and O–H groups in total. The molecule has 1 rings (SSSR count). The summed E-state index contributed by atoms with van der Waals surface area (Å²) >= 11 is 0. The third-order valence-corrected chi connectivity index (χ3v) is 2.36. The number of aromatic hydroxyl groups is 1. The molecule has 0 bridgehead atoms. The fraction of sp³-hybridized carbons (Fsp3) is 0.385. The van der Waals surface area contributed by atoms with Crippen LogP contribution in [0.3, 0.4) is 0 Å². The monoisotopic (exact) mass is 205 g/mol. The third-order valence-electron chi connectivity index (χ3n) is 2.36. The van der Waals surface area contributed by atoms with Crippen molar-refractivity contribution in [2.24, 2.45) is 0 Å². The summed E-state index contributed by atoms with van der Waals surface area (Å²) in [7, 11) is 0. The Morgan fingerprint density at radius 3 is 2.93 bits per heavy atom. The van der Waals surface area contributed by atoms with Crippen LogP contribution in [0.1, 0.15) is 24.5 Å². The van der Waals surface area contributed by atoms with Gasteiger partial charge in [0.1, 0.15) is 5.75 Å². The van der Waals surface area contributed by atoms with E-state index in [1.54, 1.807) is 0 Å². The number of phenolic OH excluding ortho intramolecular Hbond substituents is 1. The van der Waals surface area contributed by atoms with Gasteiger partial charge in [-0.15, -0.1) is 0 Å². The van der Waals surface area contributed by atoms with Crippen LogP contribution in [0.5, 0.6) is 5.75 Å².